The average molecular weight is 287 g/mol. The first-order valence-electron chi connectivity index (χ1n) is 6.99. The Hall–Kier alpha value is -0.710. The van der Waals surface area contributed by atoms with E-state index in [1.54, 1.807) is 11.8 Å². The largest absolute Gasteiger partial charge is 0.480 e. The summed E-state index contributed by atoms with van der Waals surface area (Å²) in [6.45, 7) is 3.98. The van der Waals surface area contributed by atoms with Crippen LogP contribution in [0.2, 0.25) is 0 Å². The Morgan fingerprint density at radius 2 is 2.00 bits per heavy atom. The van der Waals surface area contributed by atoms with Gasteiger partial charge in [-0.1, -0.05) is 20.3 Å². The minimum absolute atomic E-state index is 0.133. The molecule has 0 aromatic rings. The van der Waals surface area contributed by atoms with Crippen molar-refractivity contribution in [2.45, 2.75) is 51.5 Å². The molecule has 0 saturated heterocycles. The van der Waals surface area contributed by atoms with Crippen molar-refractivity contribution in [3.8, 4) is 0 Å². The summed E-state index contributed by atoms with van der Waals surface area (Å²) in [5.74, 6) is 0.167. The predicted octanol–water partition coefficient (Wildman–Crippen LogP) is 2.53. The van der Waals surface area contributed by atoms with Crippen molar-refractivity contribution in [2.24, 2.45) is 11.8 Å². The van der Waals surface area contributed by atoms with Crippen LogP contribution in [-0.2, 0) is 9.59 Å². The van der Waals surface area contributed by atoms with Crippen LogP contribution in [0.1, 0.15) is 46.0 Å². The van der Waals surface area contributed by atoms with Crippen LogP contribution in [0, 0.1) is 11.8 Å². The molecule has 19 heavy (non-hydrogen) atoms. The summed E-state index contributed by atoms with van der Waals surface area (Å²) in [5.41, 5.74) is -1.03. The van der Waals surface area contributed by atoms with E-state index in [0.717, 1.165) is 25.0 Å². The highest BCUT2D eigenvalue weighted by Crippen LogP contribution is 2.34. The van der Waals surface area contributed by atoms with Crippen molar-refractivity contribution in [2.75, 3.05) is 12.0 Å². The summed E-state index contributed by atoms with van der Waals surface area (Å²) < 4.78 is 0. The zero-order valence-corrected chi connectivity index (χ0v) is 12.9. The number of carbonyl (C=O) groups excluding carboxylic acids is 1. The van der Waals surface area contributed by atoms with E-state index in [-0.39, 0.29) is 11.8 Å². The van der Waals surface area contributed by atoms with Gasteiger partial charge in [0, 0.05) is 11.7 Å². The molecule has 1 aliphatic rings. The van der Waals surface area contributed by atoms with E-state index in [1.165, 1.54) is 0 Å². The topological polar surface area (TPSA) is 66.4 Å². The highest BCUT2D eigenvalue weighted by molar-refractivity contribution is 7.98. The first-order chi connectivity index (χ1) is 8.95. The van der Waals surface area contributed by atoms with E-state index in [0.29, 0.717) is 18.8 Å². The highest BCUT2D eigenvalue weighted by Gasteiger charge is 2.43. The molecule has 5 heteroatoms. The summed E-state index contributed by atoms with van der Waals surface area (Å²) in [6, 6.07) is 0. The Labute approximate surface area is 119 Å². The quantitative estimate of drug-likeness (QED) is 0.788. The zero-order valence-electron chi connectivity index (χ0n) is 12.1. The molecule has 1 aliphatic carbocycles. The number of thioether (sulfide) groups is 1. The number of hydrogen-bond donors (Lipinski definition) is 2. The molecular weight excluding hydrogens is 262 g/mol. The second-order valence-electron chi connectivity index (χ2n) is 5.58. The summed E-state index contributed by atoms with van der Waals surface area (Å²) in [5, 5.41) is 12.3. The molecule has 1 rings (SSSR count). The van der Waals surface area contributed by atoms with E-state index in [4.69, 9.17) is 0 Å². The van der Waals surface area contributed by atoms with Crippen molar-refractivity contribution in [3.05, 3.63) is 0 Å². The molecule has 1 fully saturated rings. The van der Waals surface area contributed by atoms with Gasteiger partial charge in [0.05, 0.1) is 0 Å². The zero-order chi connectivity index (χ0) is 14.5. The summed E-state index contributed by atoms with van der Waals surface area (Å²) >= 11 is 1.60. The van der Waals surface area contributed by atoms with Gasteiger partial charge in [0.1, 0.15) is 5.54 Å². The summed E-state index contributed by atoms with van der Waals surface area (Å²) in [7, 11) is 0. The number of hydrogen-bond acceptors (Lipinski definition) is 3. The van der Waals surface area contributed by atoms with Crippen LogP contribution in [0.15, 0.2) is 0 Å². The fourth-order valence-corrected chi connectivity index (χ4v) is 3.31. The van der Waals surface area contributed by atoms with Crippen LogP contribution in [0.3, 0.4) is 0 Å². The molecule has 1 atom stereocenters. The molecular formula is C14H25NO3S. The first-order valence-corrected chi connectivity index (χ1v) is 8.39. The molecule has 4 nitrogen and oxygen atoms in total. The van der Waals surface area contributed by atoms with Gasteiger partial charge >= 0.3 is 5.97 Å². The smallest absolute Gasteiger partial charge is 0.329 e. The fraction of sp³-hybridized carbons (Fsp3) is 0.857. The molecule has 2 N–H and O–H groups in total. The van der Waals surface area contributed by atoms with Crippen LogP contribution in [0.25, 0.3) is 0 Å². The van der Waals surface area contributed by atoms with Gasteiger partial charge in [0.15, 0.2) is 0 Å². The Morgan fingerprint density at radius 3 is 2.42 bits per heavy atom. The highest BCUT2D eigenvalue weighted by atomic mass is 32.2. The van der Waals surface area contributed by atoms with Gasteiger partial charge in [-0.05, 0) is 37.9 Å². The van der Waals surface area contributed by atoms with Gasteiger partial charge in [-0.15, -0.1) is 0 Å². The summed E-state index contributed by atoms with van der Waals surface area (Å²) in [4.78, 5) is 23.6. The maximum absolute atomic E-state index is 12.1. The van der Waals surface area contributed by atoms with Gasteiger partial charge in [0.2, 0.25) is 5.91 Å². The maximum Gasteiger partial charge on any atom is 0.329 e. The molecule has 0 bridgehead atoms. The third-order valence-electron chi connectivity index (χ3n) is 4.17. The SMILES string of the molecule is CCC1CCC(NC(=O)C(C)CSC)(C(=O)O)CC1. The number of carboxylic acids is 1. The van der Waals surface area contributed by atoms with Gasteiger partial charge in [-0.2, -0.15) is 11.8 Å². The predicted molar refractivity (Wildman–Crippen MR) is 78.3 cm³/mol. The standard InChI is InChI=1S/C14H25NO3S/c1-4-11-5-7-14(8-6-11,13(17)18)15-12(16)10(2)9-19-3/h10-11H,4-9H2,1-3H3,(H,15,16)(H,17,18). The summed E-state index contributed by atoms with van der Waals surface area (Å²) in [6.07, 6.45) is 5.92. The van der Waals surface area contributed by atoms with Gasteiger partial charge in [0.25, 0.3) is 0 Å². The number of rotatable bonds is 6. The number of aliphatic carboxylic acids is 1. The van der Waals surface area contributed by atoms with Crippen LogP contribution in [0.4, 0.5) is 0 Å². The second-order valence-corrected chi connectivity index (χ2v) is 6.50. The fourth-order valence-electron chi connectivity index (χ4n) is 2.66. The average Bonchev–Trinajstić information content (AvgIpc) is 2.39. The number of carbonyl (C=O) groups is 2. The Bertz CT molecular complexity index is 325. The monoisotopic (exact) mass is 287 g/mol. The minimum atomic E-state index is -1.03. The number of carboxylic acid groups (broad SMARTS) is 1. The molecule has 0 spiro atoms. The van der Waals surface area contributed by atoms with E-state index in [2.05, 4.69) is 12.2 Å². The second kappa shape index (κ2) is 7.17. The van der Waals surface area contributed by atoms with E-state index < -0.39 is 11.5 Å². The van der Waals surface area contributed by atoms with Crippen LogP contribution < -0.4 is 5.32 Å². The molecule has 110 valence electrons. The third kappa shape index (κ3) is 4.13. The Kier molecular flexibility index (Phi) is 6.17. The molecule has 1 amide bonds. The molecule has 0 radical (unpaired) electrons. The lowest BCUT2D eigenvalue weighted by Crippen LogP contribution is -2.57. The normalized spacial score (nSPS) is 28.7. The van der Waals surface area contributed by atoms with Gasteiger partial charge in [-0.25, -0.2) is 4.79 Å². The van der Waals surface area contributed by atoms with E-state index in [9.17, 15) is 14.7 Å². The van der Waals surface area contributed by atoms with Gasteiger partial charge < -0.3 is 10.4 Å². The maximum atomic E-state index is 12.1. The number of nitrogens with one attached hydrogen (secondary N) is 1. The lowest BCUT2D eigenvalue weighted by atomic mass is 9.75. The van der Waals surface area contributed by atoms with Crippen molar-refractivity contribution in [3.63, 3.8) is 0 Å². The molecule has 1 saturated carbocycles. The van der Waals surface area contributed by atoms with E-state index >= 15 is 0 Å². The third-order valence-corrected chi connectivity index (χ3v) is 5.01. The van der Waals surface area contributed by atoms with Crippen molar-refractivity contribution < 1.29 is 14.7 Å². The molecule has 0 aromatic heterocycles. The van der Waals surface area contributed by atoms with Crippen LogP contribution >= 0.6 is 11.8 Å². The first kappa shape index (κ1) is 16.3. The van der Waals surface area contributed by atoms with Crippen LogP contribution in [0.5, 0.6) is 0 Å². The molecule has 0 aromatic carbocycles. The Balaban J connectivity index is 2.68. The van der Waals surface area contributed by atoms with Gasteiger partial charge in [-0.3, -0.25) is 4.79 Å². The molecule has 0 aliphatic heterocycles. The van der Waals surface area contributed by atoms with Crippen molar-refractivity contribution in [1.29, 1.82) is 0 Å². The lowest BCUT2D eigenvalue weighted by Gasteiger charge is -2.37. The number of amides is 1. The van der Waals surface area contributed by atoms with Crippen molar-refractivity contribution in [1.82, 2.24) is 5.32 Å². The van der Waals surface area contributed by atoms with Crippen molar-refractivity contribution >= 4 is 23.6 Å². The van der Waals surface area contributed by atoms with Crippen LogP contribution in [-0.4, -0.2) is 34.5 Å². The lowest BCUT2D eigenvalue weighted by molar-refractivity contribution is -0.150. The Morgan fingerprint density at radius 1 is 1.42 bits per heavy atom. The minimum Gasteiger partial charge on any atom is -0.480 e. The molecule has 0 heterocycles. The van der Waals surface area contributed by atoms with E-state index in [1.807, 2.05) is 13.2 Å². The molecule has 1 unspecified atom stereocenters.